The van der Waals surface area contributed by atoms with Crippen molar-refractivity contribution in [1.82, 2.24) is 0 Å². The average Bonchev–Trinajstić information content (AvgIpc) is 2.17. The van der Waals surface area contributed by atoms with Gasteiger partial charge < -0.3 is 9.52 Å². The lowest BCUT2D eigenvalue weighted by atomic mass is 10.2. The summed E-state index contributed by atoms with van der Waals surface area (Å²) in [6, 6.07) is 1.19. The van der Waals surface area contributed by atoms with Crippen molar-refractivity contribution < 1.29 is 22.7 Å². The highest BCUT2D eigenvalue weighted by Gasteiger charge is 2.18. The number of benzene rings is 1. The van der Waals surface area contributed by atoms with Gasteiger partial charge in [-0.1, -0.05) is 0 Å². The van der Waals surface area contributed by atoms with E-state index in [0.29, 0.717) is 12.1 Å². The molecule has 0 atom stereocenters. The van der Waals surface area contributed by atoms with Crippen LogP contribution < -0.4 is 5.63 Å². The minimum atomic E-state index is -1.75. The van der Waals surface area contributed by atoms with E-state index in [-0.39, 0.29) is 0 Å². The molecule has 1 heterocycles. The van der Waals surface area contributed by atoms with Crippen LogP contribution in [0.2, 0.25) is 0 Å². The molecule has 1 aromatic carbocycles. The molecule has 0 spiro atoms. The summed E-state index contributed by atoms with van der Waals surface area (Å²) >= 11 is 0. The first-order chi connectivity index (χ1) is 7.00. The molecule has 2 rings (SSSR count). The lowest BCUT2D eigenvalue weighted by Gasteiger charge is -2.01. The monoisotopic (exact) mass is 216 g/mol. The Kier molecular flexibility index (Phi) is 1.92. The molecule has 6 heteroatoms. The summed E-state index contributed by atoms with van der Waals surface area (Å²) in [4.78, 5) is 10.7. The van der Waals surface area contributed by atoms with Gasteiger partial charge in [-0.3, -0.25) is 0 Å². The lowest BCUT2D eigenvalue weighted by molar-refractivity contribution is 0.427. The Labute approximate surface area is 80.4 Å². The molecule has 3 nitrogen and oxygen atoms in total. The zero-order valence-electron chi connectivity index (χ0n) is 7.05. The lowest BCUT2D eigenvalue weighted by Crippen LogP contribution is -2.00. The molecule has 0 saturated heterocycles. The second-order valence-corrected chi connectivity index (χ2v) is 2.81. The number of hydrogen-bond donors (Lipinski definition) is 1. The Bertz CT molecular complexity index is 604. The Hall–Kier alpha value is -1.98. The molecule has 0 bridgehead atoms. The second kappa shape index (κ2) is 3.01. The van der Waals surface area contributed by atoms with Crippen LogP contribution in [-0.4, -0.2) is 5.11 Å². The van der Waals surface area contributed by atoms with Crippen LogP contribution in [-0.2, 0) is 0 Å². The van der Waals surface area contributed by atoms with Gasteiger partial charge in [0.2, 0.25) is 5.82 Å². The van der Waals surface area contributed by atoms with Gasteiger partial charge in [0.1, 0.15) is 5.75 Å². The van der Waals surface area contributed by atoms with E-state index in [0.717, 1.165) is 0 Å². The number of aromatic hydroxyl groups is 1. The molecule has 0 unspecified atom stereocenters. The van der Waals surface area contributed by atoms with E-state index >= 15 is 0 Å². The number of fused-ring (bicyclic) bond motifs is 1. The molecule has 0 aliphatic carbocycles. The van der Waals surface area contributed by atoms with E-state index < -0.39 is 39.8 Å². The Morgan fingerprint density at radius 2 is 1.80 bits per heavy atom. The molecule has 2 aromatic rings. The first kappa shape index (κ1) is 9.57. The molecule has 1 N–H and O–H groups in total. The van der Waals surface area contributed by atoms with Crippen molar-refractivity contribution in [3.63, 3.8) is 0 Å². The van der Waals surface area contributed by atoms with Crippen molar-refractivity contribution in [3.05, 3.63) is 40.0 Å². The summed E-state index contributed by atoms with van der Waals surface area (Å²) in [7, 11) is 0. The largest absolute Gasteiger partial charge is 0.507 e. The van der Waals surface area contributed by atoms with E-state index in [9.17, 15) is 23.1 Å². The van der Waals surface area contributed by atoms with Gasteiger partial charge in [-0.15, -0.1) is 0 Å². The summed E-state index contributed by atoms with van der Waals surface area (Å²) in [5.41, 5.74) is -1.86. The molecule has 0 fully saturated rings. The van der Waals surface area contributed by atoms with Crippen molar-refractivity contribution in [3.8, 4) is 5.75 Å². The maximum absolute atomic E-state index is 13.1. The van der Waals surface area contributed by atoms with Crippen LogP contribution in [0.15, 0.2) is 21.3 Å². The molecule has 0 radical (unpaired) electrons. The Balaban J connectivity index is 3.05. The normalized spacial score (nSPS) is 10.9. The van der Waals surface area contributed by atoms with Crippen molar-refractivity contribution >= 4 is 11.0 Å². The highest BCUT2D eigenvalue weighted by atomic mass is 19.2. The summed E-state index contributed by atoms with van der Waals surface area (Å²) in [6.07, 6.45) is 0. The van der Waals surface area contributed by atoms with Crippen LogP contribution in [0.5, 0.6) is 5.75 Å². The summed E-state index contributed by atoms with van der Waals surface area (Å²) in [5, 5.41) is 8.78. The number of hydrogen-bond acceptors (Lipinski definition) is 3. The maximum Gasteiger partial charge on any atom is 0.340 e. The second-order valence-electron chi connectivity index (χ2n) is 2.81. The third-order valence-corrected chi connectivity index (χ3v) is 1.85. The van der Waals surface area contributed by atoms with Gasteiger partial charge in [-0.2, -0.15) is 4.39 Å². The Morgan fingerprint density at radius 3 is 2.47 bits per heavy atom. The summed E-state index contributed by atoms with van der Waals surface area (Å²) < 4.78 is 42.8. The topological polar surface area (TPSA) is 50.4 Å². The smallest absolute Gasteiger partial charge is 0.340 e. The predicted octanol–water partition coefficient (Wildman–Crippen LogP) is 1.92. The van der Waals surface area contributed by atoms with Crippen LogP contribution in [0.25, 0.3) is 11.0 Å². The molecular formula is C9H3F3O3. The van der Waals surface area contributed by atoms with Gasteiger partial charge in [0.25, 0.3) is 0 Å². The molecule has 0 amide bonds. The zero-order valence-corrected chi connectivity index (χ0v) is 7.05. The minimum Gasteiger partial charge on any atom is -0.507 e. The van der Waals surface area contributed by atoms with E-state index in [1.165, 1.54) is 0 Å². The third kappa shape index (κ3) is 1.34. The third-order valence-electron chi connectivity index (χ3n) is 1.85. The highest BCUT2D eigenvalue weighted by Crippen LogP contribution is 2.27. The fraction of sp³-hybridized carbons (Fsp3) is 0. The number of halogens is 3. The fourth-order valence-electron chi connectivity index (χ4n) is 1.19. The molecule has 0 aliphatic rings. The average molecular weight is 216 g/mol. The first-order valence-electron chi connectivity index (χ1n) is 3.81. The van der Waals surface area contributed by atoms with Gasteiger partial charge in [0.15, 0.2) is 17.2 Å². The van der Waals surface area contributed by atoms with Gasteiger partial charge in [0, 0.05) is 0 Å². The van der Waals surface area contributed by atoms with E-state index in [2.05, 4.69) is 4.42 Å². The predicted molar refractivity (Wildman–Crippen MR) is 44.0 cm³/mol. The quantitative estimate of drug-likeness (QED) is 0.540. The molecule has 0 aliphatic heterocycles. The summed E-state index contributed by atoms with van der Waals surface area (Å²) in [6.45, 7) is 0. The van der Waals surface area contributed by atoms with Gasteiger partial charge >= 0.3 is 5.63 Å². The Morgan fingerprint density at radius 1 is 1.13 bits per heavy atom. The van der Waals surface area contributed by atoms with Gasteiger partial charge in [-0.05, 0) is 6.07 Å². The fourth-order valence-corrected chi connectivity index (χ4v) is 1.19. The van der Waals surface area contributed by atoms with Crippen molar-refractivity contribution in [2.24, 2.45) is 0 Å². The van der Waals surface area contributed by atoms with Crippen molar-refractivity contribution in [2.75, 3.05) is 0 Å². The minimum absolute atomic E-state index is 0.397. The highest BCUT2D eigenvalue weighted by molar-refractivity contribution is 5.83. The molecule has 1 aromatic heterocycles. The van der Waals surface area contributed by atoms with Crippen molar-refractivity contribution in [2.45, 2.75) is 0 Å². The number of rotatable bonds is 0. The van der Waals surface area contributed by atoms with Crippen LogP contribution in [0.4, 0.5) is 13.2 Å². The molecule has 15 heavy (non-hydrogen) atoms. The maximum atomic E-state index is 13.1. The van der Waals surface area contributed by atoms with Crippen LogP contribution >= 0.6 is 0 Å². The van der Waals surface area contributed by atoms with Gasteiger partial charge in [0.05, 0.1) is 11.5 Å². The SMILES string of the molecule is O=c1cc(O)c2cc(F)c(F)c(F)c2o1. The van der Waals surface area contributed by atoms with Crippen LogP contribution in [0.3, 0.4) is 0 Å². The molecule has 0 saturated carbocycles. The van der Waals surface area contributed by atoms with Crippen LogP contribution in [0, 0.1) is 17.5 Å². The molecule has 78 valence electrons. The van der Waals surface area contributed by atoms with Crippen LogP contribution in [0.1, 0.15) is 0 Å². The summed E-state index contributed by atoms with van der Waals surface area (Å²) in [5.74, 6) is -5.53. The van der Waals surface area contributed by atoms with E-state index in [4.69, 9.17) is 0 Å². The van der Waals surface area contributed by atoms with E-state index in [1.807, 2.05) is 0 Å². The zero-order chi connectivity index (χ0) is 11.2. The molecular weight excluding hydrogens is 213 g/mol. The van der Waals surface area contributed by atoms with Crippen molar-refractivity contribution in [1.29, 1.82) is 0 Å². The van der Waals surface area contributed by atoms with Gasteiger partial charge in [-0.25, -0.2) is 13.6 Å². The first-order valence-corrected chi connectivity index (χ1v) is 3.81. The van der Waals surface area contributed by atoms with E-state index in [1.54, 1.807) is 0 Å². The standard InChI is InChI=1S/C9H3F3O3/c10-4-1-3-5(13)2-6(14)15-9(3)8(12)7(4)11/h1-2,13H.